The predicted octanol–water partition coefficient (Wildman–Crippen LogP) is 16.2. The molecule has 0 radical (unpaired) electrons. The number of anilines is 3. The number of hydrogen-bond donors (Lipinski definition) is 0. The highest BCUT2D eigenvalue weighted by atomic mass is 32.1. The van der Waals surface area contributed by atoms with Gasteiger partial charge in [0.15, 0.2) is 0 Å². The molecule has 5 aliphatic rings. The smallest absolute Gasteiger partial charge is 0.0743 e. The third-order valence-corrected chi connectivity index (χ3v) is 19.0. The van der Waals surface area contributed by atoms with Gasteiger partial charge in [-0.15, -0.1) is 34.0 Å². The van der Waals surface area contributed by atoms with Crippen molar-refractivity contribution in [3.63, 3.8) is 0 Å². The highest BCUT2D eigenvalue weighted by Gasteiger charge is 2.52. The maximum Gasteiger partial charge on any atom is 0.0743 e. The van der Waals surface area contributed by atoms with Crippen LogP contribution < -0.4 is 4.90 Å². The van der Waals surface area contributed by atoms with Crippen LogP contribution in [0.5, 0.6) is 0 Å². The van der Waals surface area contributed by atoms with Crippen molar-refractivity contribution < 1.29 is 0 Å². The van der Waals surface area contributed by atoms with Crippen molar-refractivity contribution in [2.75, 3.05) is 4.90 Å². The quantitative estimate of drug-likeness (QED) is 0.159. The van der Waals surface area contributed by atoms with E-state index in [0.29, 0.717) is 0 Å². The minimum Gasteiger partial charge on any atom is -0.308 e. The third-order valence-electron chi connectivity index (χ3n) is 15.7. The van der Waals surface area contributed by atoms with Crippen LogP contribution in [0, 0.1) is 0 Å². The summed E-state index contributed by atoms with van der Waals surface area (Å²) in [4.78, 5) is 5.53. The van der Waals surface area contributed by atoms with Crippen molar-refractivity contribution in [1.82, 2.24) is 0 Å². The first kappa shape index (κ1) is 33.9. The SMILES string of the molecule is CC1(C)c2ccccc2-c2cc3c(cc21)N(c1cccc2c1sc1c4c(ccc12)C1(c2ccsc2-c2sccc21)c1ccc2c5c(ccc-4c15)CC2)c1ccccc1C3(C)C. The first-order valence-corrected chi connectivity index (χ1v) is 24.3. The molecule has 10 aromatic rings. The van der Waals surface area contributed by atoms with E-state index >= 15 is 0 Å². The summed E-state index contributed by atoms with van der Waals surface area (Å²) in [6, 6.07) is 50.3. The third kappa shape index (κ3) is 3.76. The van der Waals surface area contributed by atoms with Gasteiger partial charge in [-0.1, -0.05) is 119 Å². The van der Waals surface area contributed by atoms with Gasteiger partial charge in [-0.3, -0.25) is 0 Å². The standard InChI is InChI=1S/C57H39NS3/c1-55(2)37-12-6-5-10-32(37)36-28-44-47(29-43(36)55)58(45-14-8-7-13-38(45)56(44,3)4)46-15-9-11-33-34-21-23-40-50(52(34)61-51(33)46)35-20-18-30-16-17-31-19-22-39(49(35)48(30)31)57(40)41-24-26-59-53(41)54-42(57)25-27-60-54/h5-15,18-29H,16-17H2,1-4H3. The van der Waals surface area contributed by atoms with Gasteiger partial charge in [0.2, 0.25) is 0 Å². The van der Waals surface area contributed by atoms with E-state index < -0.39 is 0 Å². The molecule has 0 saturated carbocycles. The zero-order valence-electron chi connectivity index (χ0n) is 34.4. The van der Waals surface area contributed by atoms with Crippen LogP contribution in [0.25, 0.3) is 63.0 Å². The number of hydrogen-bond acceptors (Lipinski definition) is 4. The Morgan fingerprint density at radius 2 is 1.11 bits per heavy atom. The maximum atomic E-state index is 2.63. The van der Waals surface area contributed by atoms with Gasteiger partial charge in [0.1, 0.15) is 0 Å². The van der Waals surface area contributed by atoms with Crippen molar-refractivity contribution in [2.45, 2.75) is 56.8 Å². The Bertz CT molecular complexity index is 3630. The summed E-state index contributed by atoms with van der Waals surface area (Å²) in [5.74, 6) is 0. The van der Waals surface area contributed by atoms with Crippen molar-refractivity contribution in [1.29, 1.82) is 0 Å². The van der Waals surface area contributed by atoms with Gasteiger partial charge < -0.3 is 4.90 Å². The Kier molecular flexibility index (Phi) is 6.10. The fraction of sp³-hybridized carbons (Fsp3) is 0.158. The number of fused-ring (bicyclic) bond motifs is 18. The normalized spacial score (nSPS) is 17.1. The largest absolute Gasteiger partial charge is 0.308 e. The van der Waals surface area contributed by atoms with Crippen LogP contribution in [0.1, 0.15) is 83.3 Å². The van der Waals surface area contributed by atoms with E-state index in [1.54, 1.807) is 0 Å². The molecule has 0 amide bonds. The van der Waals surface area contributed by atoms with Crippen LogP contribution in [0.3, 0.4) is 0 Å². The zero-order valence-corrected chi connectivity index (χ0v) is 36.8. The fourth-order valence-electron chi connectivity index (χ4n) is 13.0. The molecule has 1 spiro atoms. The summed E-state index contributed by atoms with van der Waals surface area (Å²) in [5, 5.41) is 10.4. The predicted molar refractivity (Wildman–Crippen MR) is 261 cm³/mol. The molecule has 1 aliphatic heterocycles. The summed E-state index contributed by atoms with van der Waals surface area (Å²) in [7, 11) is 0. The van der Waals surface area contributed by atoms with E-state index in [0.717, 1.165) is 12.8 Å². The lowest BCUT2D eigenvalue weighted by molar-refractivity contribution is 0.627. The van der Waals surface area contributed by atoms with Crippen LogP contribution in [-0.4, -0.2) is 0 Å². The molecule has 4 aliphatic carbocycles. The van der Waals surface area contributed by atoms with E-state index in [1.165, 1.54) is 136 Å². The van der Waals surface area contributed by atoms with E-state index in [4.69, 9.17) is 0 Å². The van der Waals surface area contributed by atoms with Crippen molar-refractivity contribution in [2.24, 2.45) is 0 Å². The van der Waals surface area contributed by atoms with Crippen LogP contribution in [-0.2, 0) is 29.1 Å². The van der Waals surface area contributed by atoms with Gasteiger partial charge in [-0.25, -0.2) is 0 Å². The Labute approximate surface area is 367 Å². The van der Waals surface area contributed by atoms with Crippen molar-refractivity contribution in [3.05, 3.63) is 194 Å². The molecule has 15 rings (SSSR count). The van der Waals surface area contributed by atoms with Gasteiger partial charge in [0.05, 0.1) is 27.2 Å². The molecule has 0 N–H and O–H groups in total. The van der Waals surface area contributed by atoms with E-state index in [9.17, 15) is 0 Å². The second-order valence-electron chi connectivity index (χ2n) is 19.1. The number of aryl methyl sites for hydroxylation is 2. The minimum atomic E-state index is -0.346. The molecule has 0 saturated heterocycles. The lowest BCUT2D eigenvalue weighted by Crippen LogP contribution is -2.31. The molecule has 61 heavy (non-hydrogen) atoms. The molecule has 0 bridgehead atoms. The molecule has 1 nitrogen and oxygen atoms in total. The van der Waals surface area contributed by atoms with E-state index in [2.05, 4.69) is 171 Å². The van der Waals surface area contributed by atoms with Crippen LogP contribution in [0.4, 0.5) is 17.1 Å². The molecule has 0 atom stereocenters. The summed E-state index contributed by atoms with van der Waals surface area (Å²) < 4.78 is 2.75. The van der Waals surface area contributed by atoms with Gasteiger partial charge in [-0.05, 0) is 143 Å². The molecule has 0 fully saturated rings. The highest BCUT2D eigenvalue weighted by Crippen LogP contribution is 2.67. The lowest BCUT2D eigenvalue weighted by atomic mass is 9.61. The number of para-hydroxylation sites is 1. The zero-order chi connectivity index (χ0) is 40.3. The molecular weight excluding hydrogens is 795 g/mol. The average Bonchev–Trinajstić information content (AvgIpc) is 4.14. The Morgan fingerprint density at radius 1 is 0.443 bits per heavy atom. The van der Waals surface area contributed by atoms with Crippen molar-refractivity contribution >= 4 is 82.0 Å². The Morgan fingerprint density at radius 3 is 1.92 bits per heavy atom. The molecule has 4 heteroatoms. The van der Waals surface area contributed by atoms with E-state index in [1.807, 2.05) is 34.0 Å². The molecule has 4 heterocycles. The maximum absolute atomic E-state index is 2.63. The van der Waals surface area contributed by atoms with Gasteiger partial charge in [0.25, 0.3) is 0 Å². The fourth-order valence-corrected chi connectivity index (χ4v) is 16.5. The van der Waals surface area contributed by atoms with Gasteiger partial charge >= 0.3 is 0 Å². The molecule has 290 valence electrons. The molecule has 3 aromatic heterocycles. The minimum absolute atomic E-state index is 0.101. The van der Waals surface area contributed by atoms with Crippen LogP contribution in [0.2, 0.25) is 0 Å². The van der Waals surface area contributed by atoms with E-state index in [-0.39, 0.29) is 16.2 Å². The molecular formula is C57H39NS3. The van der Waals surface area contributed by atoms with Gasteiger partial charge in [-0.2, -0.15) is 0 Å². The summed E-state index contributed by atoms with van der Waals surface area (Å²) in [5.41, 5.74) is 23.2. The summed E-state index contributed by atoms with van der Waals surface area (Å²) >= 11 is 5.85. The second-order valence-corrected chi connectivity index (χ2v) is 21.9. The average molecular weight is 834 g/mol. The summed E-state index contributed by atoms with van der Waals surface area (Å²) in [6.07, 6.45) is 2.25. The van der Waals surface area contributed by atoms with Crippen molar-refractivity contribution in [3.8, 4) is 32.0 Å². The number of rotatable bonds is 1. The number of benzene rings is 7. The highest BCUT2D eigenvalue weighted by molar-refractivity contribution is 7.27. The van der Waals surface area contributed by atoms with Gasteiger partial charge in [0, 0.05) is 41.6 Å². The topological polar surface area (TPSA) is 3.24 Å². The molecule has 7 aromatic carbocycles. The lowest BCUT2D eigenvalue weighted by Gasteiger charge is -2.43. The first-order valence-electron chi connectivity index (χ1n) is 21.7. The number of nitrogens with zero attached hydrogens (tertiary/aromatic N) is 1. The number of thiophene rings is 3. The van der Waals surface area contributed by atoms with Crippen LogP contribution in [0.15, 0.2) is 138 Å². The second kappa shape index (κ2) is 11.0. The summed E-state index contributed by atoms with van der Waals surface area (Å²) in [6.45, 7) is 9.67. The Hall–Kier alpha value is -5.78. The molecule has 0 unspecified atom stereocenters. The Balaban J connectivity index is 1.05. The first-order chi connectivity index (χ1) is 29.8. The van der Waals surface area contributed by atoms with Crippen LogP contribution >= 0.6 is 34.0 Å². The monoisotopic (exact) mass is 833 g/mol.